The lowest BCUT2D eigenvalue weighted by Gasteiger charge is -2.32. The van der Waals surface area contributed by atoms with Crippen molar-refractivity contribution in [1.82, 2.24) is 0 Å². The van der Waals surface area contributed by atoms with E-state index < -0.39 is 0 Å². The molecule has 0 aromatic heterocycles. The molecule has 0 radical (unpaired) electrons. The highest BCUT2D eigenvalue weighted by Crippen LogP contribution is 2.39. The second kappa shape index (κ2) is 7.18. The van der Waals surface area contributed by atoms with E-state index in [1.165, 1.54) is 43.4 Å². The molecule has 5 aromatic rings. The molecule has 0 spiro atoms. The summed E-state index contributed by atoms with van der Waals surface area (Å²) in [6.45, 7) is 8.38. The molecular weight excluding hydrogens is 403 g/mol. The first kappa shape index (κ1) is 20.5. The van der Waals surface area contributed by atoms with E-state index in [9.17, 15) is 0 Å². The normalized spacial score (nSPS) is 17.3. The number of benzene rings is 5. The minimum Gasteiger partial charge on any atom is -0.399 e. The lowest BCUT2D eigenvalue weighted by molar-refractivity contribution is 0.00578. The van der Waals surface area contributed by atoms with Crippen LogP contribution in [-0.4, -0.2) is 18.3 Å². The molecule has 1 aliphatic rings. The Morgan fingerprint density at radius 2 is 1.21 bits per heavy atom. The molecule has 1 heterocycles. The molecule has 0 N–H and O–H groups in total. The first-order valence-corrected chi connectivity index (χ1v) is 11.6. The van der Waals surface area contributed by atoms with Gasteiger partial charge in [0.1, 0.15) is 0 Å². The van der Waals surface area contributed by atoms with Crippen LogP contribution in [0.5, 0.6) is 0 Å². The molecule has 0 aliphatic carbocycles. The van der Waals surface area contributed by atoms with Crippen molar-refractivity contribution < 1.29 is 9.31 Å². The van der Waals surface area contributed by atoms with E-state index in [-0.39, 0.29) is 18.3 Å². The number of hydrogen-bond donors (Lipinski definition) is 0. The lowest BCUT2D eigenvalue weighted by atomic mass is 9.77. The van der Waals surface area contributed by atoms with Crippen LogP contribution in [0.4, 0.5) is 0 Å². The van der Waals surface area contributed by atoms with Crippen LogP contribution in [0.1, 0.15) is 27.7 Å². The van der Waals surface area contributed by atoms with Gasteiger partial charge in [-0.25, -0.2) is 0 Å². The van der Waals surface area contributed by atoms with Crippen molar-refractivity contribution in [3.8, 4) is 11.1 Å². The molecule has 0 atom stereocenters. The molecule has 3 heteroatoms. The Hall–Kier alpha value is -3.14. The summed E-state index contributed by atoms with van der Waals surface area (Å²) in [7, 11) is -0.370. The van der Waals surface area contributed by atoms with Gasteiger partial charge in [0.2, 0.25) is 0 Å². The average Bonchev–Trinajstić information content (AvgIpc) is 3.05. The Kier molecular flexibility index (Phi) is 4.45. The summed E-state index contributed by atoms with van der Waals surface area (Å²) in [5.74, 6) is 0. The Labute approximate surface area is 195 Å². The van der Waals surface area contributed by atoms with Crippen LogP contribution in [0.2, 0.25) is 0 Å². The van der Waals surface area contributed by atoms with Gasteiger partial charge in [-0.2, -0.15) is 0 Å². The van der Waals surface area contributed by atoms with Crippen molar-refractivity contribution in [2.75, 3.05) is 0 Å². The first-order valence-electron chi connectivity index (χ1n) is 11.6. The summed E-state index contributed by atoms with van der Waals surface area (Å²) in [6.07, 6.45) is 0. The lowest BCUT2D eigenvalue weighted by Crippen LogP contribution is -2.41. The van der Waals surface area contributed by atoms with Crippen molar-refractivity contribution in [3.63, 3.8) is 0 Å². The maximum atomic E-state index is 6.32. The SMILES string of the molecule is CC1(C)OB(c2cccc(-c3cc4ccc5ccccc5c4c4ccccc34)c2)OC1(C)C. The number of hydrogen-bond acceptors (Lipinski definition) is 2. The topological polar surface area (TPSA) is 18.5 Å². The molecule has 6 rings (SSSR count). The van der Waals surface area contributed by atoms with Gasteiger partial charge in [-0.3, -0.25) is 0 Å². The molecule has 1 saturated heterocycles. The predicted octanol–water partition coefficient (Wildman–Crippen LogP) is 7.11. The average molecular weight is 430 g/mol. The summed E-state index contributed by atoms with van der Waals surface area (Å²) in [5.41, 5.74) is 2.74. The second-order valence-corrected chi connectivity index (χ2v) is 10.1. The fraction of sp³-hybridized carbons (Fsp3) is 0.200. The summed E-state index contributed by atoms with van der Waals surface area (Å²) in [4.78, 5) is 0. The summed E-state index contributed by atoms with van der Waals surface area (Å²) >= 11 is 0. The summed E-state index contributed by atoms with van der Waals surface area (Å²) in [6, 6.07) is 32.8. The number of rotatable bonds is 2. The van der Waals surface area contributed by atoms with Gasteiger partial charge < -0.3 is 9.31 Å². The highest BCUT2D eigenvalue weighted by Gasteiger charge is 2.51. The molecule has 1 fully saturated rings. The van der Waals surface area contributed by atoms with E-state index in [0.29, 0.717) is 0 Å². The van der Waals surface area contributed by atoms with Crippen molar-refractivity contribution >= 4 is 44.9 Å². The molecule has 5 aromatic carbocycles. The Bertz CT molecular complexity index is 1520. The van der Waals surface area contributed by atoms with E-state index in [0.717, 1.165) is 5.46 Å². The zero-order chi connectivity index (χ0) is 22.8. The third kappa shape index (κ3) is 3.19. The smallest absolute Gasteiger partial charge is 0.399 e. The van der Waals surface area contributed by atoms with E-state index >= 15 is 0 Å². The van der Waals surface area contributed by atoms with Crippen LogP contribution in [0.3, 0.4) is 0 Å². The zero-order valence-corrected chi connectivity index (χ0v) is 19.6. The zero-order valence-electron chi connectivity index (χ0n) is 19.6. The van der Waals surface area contributed by atoms with Gasteiger partial charge in [0.05, 0.1) is 11.2 Å². The fourth-order valence-corrected chi connectivity index (χ4v) is 4.95. The Morgan fingerprint density at radius 1 is 0.576 bits per heavy atom. The van der Waals surface area contributed by atoms with E-state index in [2.05, 4.69) is 119 Å². The van der Waals surface area contributed by atoms with Crippen molar-refractivity contribution in [2.45, 2.75) is 38.9 Å². The first-order chi connectivity index (χ1) is 15.8. The Balaban J connectivity index is 1.55. The van der Waals surface area contributed by atoms with Crippen LogP contribution in [0.15, 0.2) is 91.0 Å². The minimum atomic E-state index is -0.370. The van der Waals surface area contributed by atoms with E-state index in [1.807, 2.05) is 0 Å². The highest BCUT2D eigenvalue weighted by molar-refractivity contribution is 6.62. The largest absolute Gasteiger partial charge is 0.494 e. The van der Waals surface area contributed by atoms with Crippen molar-refractivity contribution in [1.29, 1.82) is 0 Å². The molecule has 162 valence electrons. The van der Waals surface area contributed by atoms with Crippen LogP contribution in [-0.2, 0) is 9.31 Å². The third-order valence-electron chi connectivity index (χ3n) is 7.47. The Morgan fingerprint density at radius 3 is 1.97 bits per heavy atom. The predicted molar refractivity (Wildman–Crippen MR) is 140 cm³/mol. The molecule has 0 amide bonds. The third-order valence-corrected chi connectivity index (χ3v) is 7.47. The van der Waals surface area contributed by atoms with Crippen LogP contribution < -0.4 is 5.46 Å². The van der Waals surface area contributed by atoms with Crippen molar-refractivity contribution in [2.24, 2.45) is 0 Å². The monoisotopic (exact) mass is 430 g/mol. The van der Waals surface area contributed by atoms with Crippen molar-refractivity contribution in [3.05, 3.63) is 91.0 Å². The maximum absolute atomic E-state index is 6.32. The van der Waals surface area contributed by atoms with Crippen LogP contribution in [0, 0.1) is 0 Å². The van der Waals surface area contributed by atoms with E-state index in [1.54, 1.807) is 0 Å². The van der Waals surface area contributed by atoms with Gasteiger partial charge in [-0.1, -0.05) is 84.9 Å². The summed E-state index contributed by atoms with van der Waals surface area (Å²) < 4.78 is 12.6. The molecule has 33 heavy (non-hydrogen) atoms. The number of fused-ring (bicyclic) bond motifs is 5. The van der Waals surface area contributed by atoms with Crippen LogP contribution in [0.25, 0.3) is 43.4 Å². The molecule has 1 aliphatic heterocycles. The van der Waals surface area contributed by atoms with Gasteiger partial charge in [-0.05, 0) is 82.7 Å². The maximum Gasteiger partial charge on any atom is 0.494 e. The van der Waals surface area contributed by atoms with Gasteiger partial charge in [0.15, 0.2) is 0 Å². The molecule has 0 bridgehead atoms. The quantitative estimate of drug-likeness (QED) is 0.219. The second-order valence-electron chi connectivity index (χ2n) is 10.1. The highest BCUT2D eigenvalue weighted by atomic mass is 16.7. The van der Waals surface area contributed by atoms with Gasteiger partial charge >= 0.3 is 7.12 Å². The van der Waals surface area contributed by atoms with E-state index in [4.69, 9.17) is 9.31 Å². The van der Waals surface area contributed by atoms with Crippen LogP contribution >= 0.6 is 0 Å². The standard InChI is InChI=1S/C30H27BO2/c1-29(2)30(3,4)33-31(32-29)23-12-9-11-21(18-23)27-19-22-17-16-20-10-5-6-13-24(20)28(22)26-15-8-7-14-25(26)27/h5-19H,1-4H3. The van der Waals surface area contributed by atoms with Gasteiger partial charge in [-0.15, -0.1) is 0 Å². The minimum absolute atomic E-state index is 0.357. The molecule has 0 unspecified atom stereocenters. The van der Waals surface area contributed by atoms with Gasteiger partial charge in [0.25, 0.3) is 0 Å². The molecular formula is C30H27BO2. The molecule has 2 nitrogen and oxygen atoms in total. The fourth-order valence-electron chi connectivity index (χ4n) is 4.95. The molecule has 0 saturated carbocycles. The summed E-state index contributed by atoms with van der Waals surface area (Å²) in [5, 5.41) is 7.67. The van der Waals surface area contributed by atoms with Gasteiger partial charge in [0, 0.05) is 0 Å².